The molecule has 0 amide bonds. The normalized spacial score (nSPS) is 10.8. The van der Waals surface area contributed by atoms with E-state index in [0.717, 1.165) is 0 Å². The van der Waals surface area contributed by atoms with Crippen LogP contribution in [0.3, 0.4) is 0 Å². The first kappa shape index (κ1) is 17.7. The van der Waals surface area contributed by atoms with Gasteiger partial charge < -0.3 is 13.9 Å². The average Bonchev–Trinajstić information content (AvgIpc) is 2.54. The zero-order valence-corrected chi connectivity index (χ0v) is 13.3. The maximum Gasteiger partial charge on any atom is 0.339 e. The Labute approximate surface area is 137 Å². The minimum Gasteiger partial charge on any atom is -0.465 e. The van der Waals surface area contributed by atoms with Crippen LogP contribution in [-0.2, 0) is 25.5 Å². The lowest BCUT2D eigenvalue weighted by molar-refractivity contribution is -0.161. The van der Waals surface area contributed by atoms with E-state index >= 15 is 0 Å². The minimum absolute atomic E-state index is 0.0687. The van der Waals surface area contributed by atoms with Crippen LogP contribution in [0.2, 0.25) is 0 Å². The zero-order valence-electron chi connectivity index (χ0n) is 13.3. The molecule has 1 heterocycles. The van der Waals surface area contributed by atoms with Crippen molar-refractivity contribution >= 4 is 22.9 Å². The number of hydrogen-bond donors (Lipinski definition) is 0. The molecular formula is C17H17FO6. The number of carbonyl (C=O) groups is 2. The summed E-state index contributed by atoms with van der Waals surface area (Å²) in [7, 11) is 0. The van der Waals surface area contributed by atoms with Crippen molar-refractivity contribution in [3.63, 3.8) is 0 Å². The SMILES string of the molecule is CCOC(=O)C(Cc1cc2cccc(F)c2oc1=O)C(=O)OCC. The Balaban J connectivity index is 2.39. The molecule has 1 aromatic carbocycles. The van der Waals surface area contributed by atoms with Gasteiger partial charge in [-0.1, -0.05) is 12.1 Å². The summed E-state index contributed by atoms with van der Waals surface area (Å²) in [6.07, 6.45) is -0.244. The Morgan fingerprint density at radius 1 is 1.17 bits per heavy atom. The summed E-state index contributed by atoms with van der Waals surface area (Å²) in [5.41, 5.74) is -0.916. The van der Waals surface area contributed by atoms with Crippen molar-refractivity contribution in [3.05, 3.63) is 46.1 Å². The highest BCUT2D eigenvalue weighted by molar-refractivity contribution is 5.95. The van der Waals surface area contributed by atoms with Gasteiger partial charge in [-0.05, 0) is 26.0 Å². The van der Waals surface area contributed by atoms with Crippen molar-refractivity contribution in [2.75, 3.05) is 13.2 Å². The fourth-order valence-corrected chi connectivity index (χ4v) is 2.26. The molecule has 0 unspecified atom stereocenters. The summed E-state index contributed by atoms with van der Waals surface area (Å²) in [4.78, 5) is 36.0. The van der Waals surface area contributed by atoms with Crippen LogP contribution in [0, 0.1) is 11.7 Å². The molecule has 0 fully saturated rings. The van der Waals surface area contributed by atoms with Gasteiger partial charge in [0.25, 0.3) is 0 Å². The van der Waals surface area contributed by atoms with Crippen LogP contribution in [0.15, 0.2) is 33.5 Å². The van der Waals surface area contributed by atoms with Crippen molar-refractivity contribution in [3.8, 4) is 0 Å². The second-order valence-electron chi connectivity index (χ2n) is 4.98. The van der Waals surface area contributed by atoms with Crippen LogP contribution >= 0.6 is 0 Å². The van der Waals surface area contributed by atoms with Crippen molar-refractivity contribution in [1.82, 2.24) is 0 Å². The first-order valence-electron chi connectivity index (χ1n) is 7.52. The topological polar surface area (TPSA) is 82.8 Å². The average molecular weight is 336 g/mol. The summed E-state index contributed by atoms with van der Waals surface area (Å²) in [6, 6.07) is 5.60. The number of ether oxygens (including phenoxy) is 2. The number of benzene rings is 1. The first-order valence-corrected chi connectivity index (χ1v) is 7.52. The fourth-order valence-electron chi connectivity index (χ4n) is 2.26. The Morgan fingerprint density at radius 3 is 2.38 bits per heavy atom. The molecule has 0 radical (unpaired) electrons. The van der Waals surface area contributed by atoms with Gasteiger partial charge in [-0.15, -0.1) is 0 Å². The number of esters is 2. The molecule has 0 bridgehead atoms. The molecule has 0 saturated carbocycles. The van der Waals surface area contributed by atoms with Gasteiger partial charge in [0.15, 0.2) is 17.3 Å². The smallest absolute Gasteiger partial charge is 0.339 e. The van der Waals surface area contributed by atoms with E-state index in [9.17, 15) is 18.8 Å². The lowest BCUT2D eigenvalue weighted by Crippen LogP contribution is -2.31. The van der Waals surface area contributed by atoms with E-state index in [0.29, 0.717) is 5.39 Å². The monoisotopic (exact) mass is 336 g/mol. The van der Waals surface area contributed by atoms with Gasteiger partial charge in [-0.2, -0.15) is 0 Å². The standard InChI is InChI=1S/C17H17FO6/c1-3-22-16(20)12(17(21)23-4-2)9-11-8-10-6-5-7-13(18)14(10)24-15(11)19/h5-8,12H,3-4,9H2,1-2H3. The number of fused-ring (bicyclic) bond motifs is 1. The highest BCUT2D eigenvalue weighted by Crippen LogP contribution is 2.19. The third-order valence-corrected chi connectivity index (χ3v) is 3.35. The van der Waals surface area contributed by atoms with E-state index < -0.39 is 29.3 Å². The molecule has 0 N–H and O–H groups in total. The Morgan fingerprint density at radius 2 is 1.79 bits per heavy atom. The Hall–Kier alpha value is -2.70. The largest absolute Gasteiger partial charge is 0.465 e. The van der Waals surface area contributed by atoms with Crippen molar-refractivity contribution in [2.24, 2.45) is 5.92 Å². The molecule has 24 heavy (non-hydrogen) atoms. The molecule has 0 atom stereocenters. The summed E-state index contributed by atoms with van der Waals surface area (Å²) in [5.74, 6) is -3.51. The van der Waals surface area contributed by atoms with Gasteiger partial charge in [-0.3, -0.25) is 9.59 Å². The molecule has 2 aromatic rings. The predicted molar refractivity (Wildman–Crippen MR) is 82.9 cm³/mol. The molecule has 0 spiro atoms. The van der Waals surface area contributed by atoms with E-state index in [-0.39, 0.29) is 30.8 Å². The summed E-state index contributed by atoms with van der Waals surface area (Å²) >= 11 is 0. The van der Waals surface area contributed by atoms with Crippen LogP contribution in [-0.4, -0.2) is 25.2 Å². The number of carbonyl (C=O) groups excluding carboxylic acids is 2. The van der Waals surface area contributed by atoms with Crippen LogP contribution < -0.4 is 5.63 Å². The maximum atomic E-state index is 13.6. The molecule has 0 saturated heterocycles. The molecule has 1 aromatic heterocycles. The quantitative estimate of drug-likeness (QED) is 0.457. The number of rotatable bonds is 6. The van der Waals surface area contributed by atoms with Gasteiger partial charge in [0.2, 0.25) is 0 Å². The van der Waals surface area contributed by atoms with Gasteiger partial charge in [0.1, 0.15) is 0 Å². The summed E-state index contributed by atoms with van der Waals surface area (Å²) < 4.78 is 28.3. The predicted octanol–water partition coefficient (Wildman–Crippen LogP) is 2.22. The van der Waals surface area contributed by atoms with Crippen LogP contribution in [0.1, 0.15) is 19.4 Å². The lowest BCUT2D eigenvalue weighted by atomic mass is 10.00. The van der Waals surface area contributed by atoms with Gasteiger partial charge in [0.05, 0.1) is 13.2 Å². The lowest BCUT2D eigenvalue weighted by Gasteiger charge is -2.14. The molecular weight excluding hydrogens is 319 g/mol. The second kappa shape index (κ2) is 7.72. The highest BCUT2D eigenvalue weighted by Gasteiger charge is 2.31. The van der Waals surface area contributed by atoms with Gasteiger partial charge >= 0.3 is 17.6 Å². The second-order valence-corrected chi connectivity index (χ2v) is 4.98. The number of para-hydroxylation sites is 1. The van der Waals surface area contributed by atoms with Crippen LogP contribution in [0.5, 0.6) is 0 Å². The number of hydrogen-bond acceptors (Lipinski definition) is 6. The summed E-state index contributed by atoms with van der Waals surface area (Å²) in [5, 5.41) is 0.357. The van der Waals surface area contributed by atoms with Gasteiger partial charge in [-0.25, -0.2) is 9.18 Å². The number of halogens is 1. The fraction of sp³-hybridized carbons (Fsp3) is 0.353. The van der Waals surface area contributed by atoms with Crippen molar-refractivity contribution in [2.45, 2.75) is 20.3 Å². The van der Waals surface area contributed by atoms with Crippen molar-refractivity contribution in [1.29, 1.82) is 0 Å². The Bertz CT molecular complexity index is 792. The minimum atomic E-state index is -1.28. The molecule has 0 aliphatic carbocycles. The van der Waals surface area contributed by atoms with Crippen LogP contribution in [0.25, 0.3) is 11.0 Å². The molecule has 128 valence electrons. The van der Waals surface area contributed by atoms with E-state index in [4.69, 9.17) is 13.9 Å². The third kappa shape index (κ3) is 3.79. The molecule has 0 aliphatic rings. The maximum absolute atomic E-state index is 13.6. The van der Waals surface area contributed by atoms with Crippen LogP contribution in [0.4, 0.5) is 4.39 Å². The first-order chi connectivity index (χ1) is 11.5. The Kier molecular flexibility index (Phi) is 5.68. The van der Waals surface area contributed by atoms with E-state index in [1.165, 1.54) is 18.2 Å². The molecule has 0 aliphatic heterocycles. The van der Waals surface area contributed by atoms with E-state index in [1.54, 1.807) is 19.9 Å². The zero-order chi connectivity index (χ0) is 17.7. The van der Waals surface area contributed by atoms with E-state index in [1.807, 2.05) is 0 Å². The van der Waals surface area contributed by atoms with Crippen molar-refractivity contribution < 1.29 is 27.9 Å². The van der Waals surface area contributed by atoms with Gasteiger partial charge in [0, 0.05) is 17.4 Å². The molecule has 2 rings (SSSR count). The summed E-state index contributed by atoms with van der Waals surface area (Å²) in [6.45, 7) is 3.39. The molecule has 7 heteroatoms. The van der Waals surface area contributed by atoms with E-state index in [2.05, 4.69) is 0 Å². The third-order valence-electron chi connectivity index (χ3n) is 3.35. The highest BCUT2D eigenvalue weighted by atomic mass is 19.1. The molecule has 6 nitrogen and oxygen atoms in total.